The molecule has 1 aromatic heterocycles. The lowest BCUT2D eigenvalue weighted by Crippen LogP contribution is -2.59. The van der Waals surface area contributed by atoms with Crippen molar-refractivity contribution in [2.24, 2.45) is 11.3 Å². The number of fused-ring (bicyclic) bond motifs is 1. The fraction of sp³-hybridized carbons (Fsp3) is 0.700. The lowest BCUT2D eigenvalue weighted by Gasteiger charge is -2.50. The van der Waals surface area contributed by atoms with Crippen molar-refractivity contribution in [2.75, 3.05) is 39.5 Å². The van der Waals surface area contributed by atoms with Crippen molar-refractivity contribution in [3.63, 3.8) is 0 Å². The number of likely N-dealkylation sites (tertiary alicyclic amines) is 1. The first-order valence-electron chi connectivity index (χ1n) is 9.79. The molecule has 2 atom stereocenters. The fourth-order valence-corrected chi connectivity index (χ4v) is 4.54. The number of pyridine rings is 1. The largest absolute Gasteiger partial charge is 0.477 e. The van der Waals surface area contributed by atoms with Gasteiger partial charge in [-0.05, 0) is 38.2 Å². The molecule has 0 spiro atoms. The average Bonchev–Trinajstić information content (AvgIpc) is 2.73. The Hall–Kier alpha value is -1.66. The van der Waals surface area contributed by atoms with Crippen LogP contribution in [0.15, 0.2) is 24.4 Å². The number of carbonyl (C=O) groups excluding carboxylic acids is 1. The van der Waals surface area contributed by atoms with E-state index in [1.807, 2.05) is 18.2 Å². The SMILES string of the molecule is O=C(C1CCOCC1)N1CC[C@H]2OCCC[C@@]2(COc2ccccn2)C1. The molecule has 0 N–H and O–H groups in total. The summed E-state index contributed by atoms with van der Waals surface area (Å²) in [6.45, 7) is 4.26. The third-order valence-electron chi connectivity index (χ3n) is 6.02. The number of ether oxygens (including phenoxy) is 3. The van der Waals surface area contributed by atoms with Crippen LogP contribution in [-0.2, 0) is 14.3 Å². The summed E-state index contributed by atoms with van der Waals surface area (Å²) in [5.41, 5.74) is -0.130. The first-order chi connectivity index (χ1) is 12.8. The zero-order chi connectivity index (χ0) is 17.8. The highest BCUT2D eigenvalue weighted by atomic mass is 16.5. The summed E-state index contributed by atoms with van der Waals surface area (Å²) in [6, 6.07) is 5.69. The van der Waals surface area contributed by atoms with Gasteiger partial charge >= 0.3 is 0 Å². The summed E-state index contributed by atoms with van der Waals surface area (Å²) < 4.78 is 17.5. The number of carbonyl (C=O) groups is 1. The van der Waals surface area contributed by atoms with E-state index in [1.165, 1.54) is 0 Å². The van der Waals surface area contributed by atoms with Crippen LogP contribution in [0.25, 0.3) is 0 Å². The quantitative estimate of drug-likeness (QED) is 0.824. The summed E-state index contributed by atoms with van der Waals surface area (Å²) in [5, 5.41) is 0. The molecule has 1 amide bonds. The van der Waals surface area contributed by atoms with Crippen LogP contribution in [0.1, 0.15) is 32.1 Å². The standard InChI is InChI=1S/C20H28N2O4/c23-19(16-6-12-24-13-7-16)22-10-5-17-20(14-22,8-3-11-25-17)15-26-18-4-1-2-9-21-18/h1-2,4,9,16-17H,3,5-8,10-15H2/t17-,20+/m1/s1. The van der Waals surface area contributed by atoms with Gasteiger partial charge in [-0.2, -0.15) is 0 Å². The molecule has 3 aliphatic rings. The van der Waals surface area contributed by atoms with Gasteiger partial charge in [-0.25, -0.2) is 4.98 Å². The number of aromatic nitrogens is 1. The zero-order valence-electron chi connectivity index (χ0n) is 15.3. The zero-order valence-corrected chi connectivity index (χ0v) is 15.3. The first kappa shape index (κ1) is 17.7. The predicted octanol–water partition coefficient (Wildman–Crippen LogP) is 2.28. The van der Waals surface area contributed by atoms with E-state index in [0.717, 1.165) is 51.8 Å². The fourth-order valence-electron chi connectivity index (χ4n) is 4.54. The van der Waals surface area contributed by atoms with E-state index in [2.05, 4.69) is 9.88 Å². The van der Waals surface area contributed by atoms with Crippen molar-refractivity contribution in [1.29, 1.82) is 0 Å². The minimum atomic E-state index is -0.130. The van der Waals surface area contributed by atoms with Gasteiger partial charge in [0.1, 0.15) is 0 Å². The Kier molecular flexibility index (Phi) is 5.41. The van der Waals surface area contributed by atoms with E-state index < -0.39 is 0 Å². The predicted molar refractivity (Wildman–Crippen MR) is 95.9 cm³/mol. The summed E-state index contributed by atoms with van der Waals surface area (Å²) >= 11 is 0. The molecule has 3 fully saturated rings. The number of hydrogen-bond acceptors (Lipinski definition) is 5. The van der Waals surface area contributed by atoms with Gasteiger partial charge in [0.15, 0.2) is 0 Å². The minimum Gasteiger partial charge on any atom is -0.477 e. The third-order valence-corrected chi connectivity index (χ3v) is 6.02. The van der Waals surface area contributed by atoms with E-state index in [9.17, 15) is 4.79 Å². The molecule has 0 unspecified atom stereocenters. The molecule has 0 saturated carbocycles. The van der Waals surface area contributed by atoms with Crippen molar-refractivity contribution < 1.29 is 19.0 Å². The topological polar surface area (TPSA) is 60.9 Å². The van der Waals surface area contributed by atoms with Crippen molar-refractivity contribution >= 4 is 5.91 Å². The van der Waals surface area contributed by atoms with Crippen LogP contribution < -0.4 is 4.74 Å². The maximum absolute atomic E-state index is 13.0. The normalized spacial score (nSPS) is 29.8. The Morgan fingerprint density at radius 1 is 1.27 bits per heavy atom. The Morgan fingerprint density at radius 3 is 2.96 bits per heavy atom. The van der Waals surface area contributed by atoms with E-state index >= 15 is 0 Å². The summed E-state index contributed by atoms with van der Waals surface area (Å²) in [5.74, 6) is 1.03. The van der Waals surface area contributed by atoms with Crippen LogP contribution in [0.5, 0.6) is 5.88 Å². The van der Waals surface area contributed by atoms with Gasteiger partial charge in [-0.1, -0.05) is 6.07 Å². The van der Waals surface area contributed by atoms with Crippen LogP contribution in [0.3, 0.4) is 0 Å². The molecule has 6 nitrogen and oxygen atoms in total. The molecule has 0 radical (unpaired) electrons. The molecule has 3 aliphatic heterocycles. The van der Waals surface area contributed by atoms with Crippen molar-refractivity contribution in [1.82, 2.24) is 9.88 Å². The van der Waals surface area contributed by atoms with Crippen LogP contribution in [-0.4, -0.2) is 61.4 Å². The molecule has 26 heavy (non-hydrogen) atoms. The van der Waals surface area contributed by atoms with Crippen LogP contribution in [0.2, 0.25) is 0 Å². The molecule has 3 saturated heterocycles. The van der Waals surface area contributed by atoms with Gasteiger partial charge in [-0.15, -0.1) is 0 Å². The summed E-state index contributed by atoms with van der Waals surface area (Å²) in [4.78, 5) is 19.3. The lowest BCUT2D eigenvalue weighted by molar-refractivity contribution is -0.162. The number of amides is 1. The van der Waals surface area contributed by atoms with Gasteiger partial charge in [0.05, 0.1) is 12.7 Å². The first-order valence-corrected chi connectivity index (χ1v) is 9.79. The van der Waals surface area contributed by atoms with Gasteiger partial charge in [0.25, 0.3) is 0 Å². The molecule has 0 bridgehead atoms. The average molecular weight is 360 g/mol. The van der Waals surface area contributed by atoms with Gasteiger partial charge < -0.3 is 19.1 Å². The van der Waals surface area contributed by atoms with E-state index in [1.54, 1.807) is 6.20 Å². The summed E-state index contributed by atoms with van der Waals surface area (Å²) in [6.07, 6.45) is 6.52. The van der Waals surface area contributed by atoms with Gasteiger partial charge in [0.2, 0.25) is 11.8 Å². The van der Waals surface area contributed by atoms with E-state index in [0.29, 0.717) is 25.7 Å². The molecule has 1 aromatic rings. The molecular formula is C20H28N2O4. The maximum Gasteiger partial charge on any atom is 0.225 e. The Balaban J connectivity index is 1.46. The monoisotopic (exact) mass is 360 g/mol. The molecule has 6 heteroatoms. The molecule has 142 valence electrons. The second kappa shape index (κ2) is 7.92. The van der Waals surface area contributed by atoms with Crippen molar-refractivity contribution in [3.8, 4) is 5.88 Å². The van der Waals surface area contributed by atoms with Gasteiger partial charge in [0, 0.05) is 56.5 Å². The van der Waals surface area contributed by atoms with Crippen LogP contribution >= 0.6 is 0 Å². The van der Waals surface area contributed by atoms with E-state index in [-0.39, 0.29) is 23.3 Å². The van der Waals surface area contributed by atoms with E-state index in [4.69, 9.17) is 14.2 Å². The van der Waals surface area contributed by atoms with Crippen LogP contribution in [0.4, 0.5) is 0 Å². The second-order valence-electron chi connectivity index (χ2n) is 7.72. The van der Waals surface area contributed by atoms with Crippen molar-refractivity contribution in [2.45, 2.75) is 38.2 Å². The Bertz CT molecular complexity index is 605. The van der Waals surface area contributed by atoms with Gasteiger partial charge in [-0.3, -0.25) is 4.79 Å². The molecule has 4 rings (SSSR count). The number of piperidine rings is 1. The highest BCUT2D eigenvalue weighted by molar-refractivity contribution is 5.79. The molecule has 0 aliphatic carbocycles. The lowest BCUT2D eigenvalue weighted by atomic mass is 9.72. The number of hydrogen-bond donors (Lipinski definition) is 0. The molecular weight excluding hydrogens is 332 g/mol. The molecule has 4 heterocycles. The van der Waals surface area contributed by atoms with Crippen molar-refractivity contribution in [3.05, 3.63) is 24.4 Å². The number of nitrogens with zero attached hydrogens (tertiary/aromatic N) is 2. The number of rotatable bonds is 4. The Morgan fingerprint density at radius 2 is 2.15 bits per heavy atom. The molecule has 0 aromatic carbocycles. The third kappa shape index (κ3) is 3.71. The Labute approximate surface area is 154 Å². The second-order valence-corrected chi connectivity index (χ2v) is 7.72. The van der Waals surface area contributed by atoms with Crippen LogP contribution in [0, 0.1) is 11.3 Å². The highest BCUT2D eigenvalue weighted by Crippen LogP contribution is 2.41. The minimum absolute atomic E-state index is 0.110. The smallest absolute Gasteiger partial charge is 0.225 e. The maximum atomic E-state index is 13.0. The summed E-state index contributed by atoms with van der Waals surface area (Å²) in [7, 11) is 0. The highest BCUT2D eigenvalue weighted by Gasteiger charge is 2.48.